The van der Waals surface area contributed by atoms with Gasteiger partial charge in [0.05, 0.1) is 0 Å². The van der Waals surface area contributed by atoms with Gasteiger partial charge in [-0.15, -0.1) is 0 Å². The van der Waals surface area contributed by atoms with Gasteiger partial charge in [0.1, 0.15) is 0 Å². The van der Waals surface area contributed by atoms with Gasteiger partial charge in [-0.05, 0) is 29.4 Å². The lowest BCUT2D eigenvalue weighted by Crippen LogP contribution is -2.11. The Morgan fingerprint density at radius 3 is 2.31 bits per heavy atom. The van der Waals surface area contributed by atoms with Crippen LogP contribution in [0.1, 0.15) is 27.2 Å². The second-order valence-electron chi connectivity index (χ2n) is 3.79. The molecule has 13 heavy (non-hydrogen) atoms. The topological polar surface area (TPSA) is 0 Å². The molecule has 0 aliphatic heterocycles. The minimum atomic E-state index is -2.31. The predicted molar refractivity (Wildman–Crippen MR) is 50.5 cm³/mol. The summed E-state index contributed by atoms with van der Waals surface area (Å²) in [5, 5.41) is 0. The zero-order valence-electron chi connectivity index (χ0n) is 8.27. The van der Waals surface area contributed by atoms with Crippen LogP contribution in [0.3, 0.4) is 0 Å². The fourth-order valence-electron chi connectivity index (χ4n) is 1.57. The second kappa shape index (κ2) is 4.03. The van der Waals surface area contributed by atoms with Gasteiger partial charge in [0, 0.05) is 0 Å². The first-order valence-corrected chi connectivity index (χ1v) is 4.54. The smallest absolute Gasteiger partial charge is 0.205 e. The summed E-state index contributed by atoms with van der Waals surface area (Å²) in [5.74, 6) is 1.20. The third-order valence-corrected chi connectivity index (χ3v) is 2.27. The fraction of sp³-hybridized carbons (Fsp3) is 0.545. The molecular formula is C11H15F2. The lowest BCUT2D eigenvalue weighted by atomic mass is 9.86. The molecule has 0 heterocycles. The highest BCUT2D eigenvalue weighted by Gasteiger charge is 2.22. The Bertz CT molecular complexity index is 236. The van der Waals surface area contributed by atoms with E-state index in [0.29, 0.717) is 12.0 Å². The van der Waals surface area contributed by atoms with Crippen LogP contribution in [0.15, 0.2) is 23.3 Å². The zero-order chi connectivity index (χ0) is 10.0. The number of halogens is 2. The van der Waals surface area contributed by atoms with Crippen molar-refractivity contribution in [1.29, 1.82) is 0 Å². The highest BCUT2D eigenvalue weighted by Crippen LogP contribution is 2.32. The van der Waals surface area contributed by atoms with Crippen LogP contribution >= 0.6 is 0 Å². The maximum absolute atomic E-state index is 12.6. The van der Waals surface area contributed by atoms with E-state index in [1.165, 1.54) is 0 Å². The van der Waals surface area contributed by atoms with E-state index in [4.69, 9.17) is 0 Å². The van der Waals surface area contributed by atoms with E-state index < -0.39 is 6.43 Å². The molecule has 73 valence electrons. The summed E-state index contributed by atoms with van der Waals surface area (Å²) in [7, 11) is 0. The van der Waals surface area contributed by atoms with Crippen LogP contribution in [0, 0.1) is 11.8 Å². The molecule has 0 aromatic heterocycles. The Morgan fingerprint density at radius 2 is 1.85 bits per heavy atom. The molecule has 0 bridgehead atoms. The van der Waals surface area contributed by atoms with Crippen molar-refractivity contribution in [3.8, 4) is 0 Å². The predicted octanol–water partition coefficient (Wildman–Crippen LogP) is 3.76. The summed E-state index contributed by atoms with van der Waals surface area (Å²) in [5.41, 5.74) is 1.11. The number of allylic oxidation sites excluding steroid dienone is 4. The van der Waals surface area contributed by atoms with Crippen molar-refractivity contribution in [2.45, 2.75) is 33.6 Å². The Morgan fingerprint density at radius 1 is 1.23 bits per heavy atom. The molecule has 1 rings (SSSR count). The van der Waals surface area contributed by atoms with Crippen LogP contribution in [0.2, 0.25) is 0 Å². The molecule has 0 saturated heterocycles. The maximum Gasteiger partial charge on any atom is 0.260 e. The standard InChI is InChI=1S/C11H15F2/c1-7(2)9-5-4-8(3)6-10(9)11(12)13/h4-5,7,11H,6H2,1-3H3. The number of rotatable bonds is 2. The van der Waals surface area contributed by atoms with E-state index in [9.17, 15) is 8.78 Å². The number of hydrogen-bond acceptors (Lipinski definition) is 0. The quantitative estimate of drug-likeness (QED) is 0.614. The Hall–Kier alpha value is -0.660. The van der Waals surface area contributed by atoms with Gasteiger partial charge < -0.3 is 0 Å². The summed E-state index contributed by atoms with van der Waals surface area (Å²) in [6.45, 7) is 5.78. The summed E-state index contributed by atoms with van der Waals surface area (Å²) < 4.78 is 25.2. The van der Waals surface area contributed by atoms with Crippen molar-refractivity contribution in [3.05, 3.63) is 29.2 Å². The first-order valence-electron chi connectivity index (χ1n) is 4.54. The lowest BCUT2D eigenvalue weighted by molar-refractivity contribution is 0.183. The van der Waals surface area contributed by atoms with Gasteiger partial charge in [0.25, 0.3) is 6.43 Å². The van der Waals surface area contributed by atoms with Crippen LogP contribution < -0.4 is 0 Å². The largest absolute Gasteiger partial charge is 0.260 e. The molecular weight excluding hydrogens is 170 g/mol. The van der Waals surface area contributed by atoms with Gasteiger partial charge in [-0.1, -0.05) is 32.9 Å². The molecule has 0 atom stereocenters. The summed E-state index contributed by atoms with van der Waals surface area (Å²) in [4.78, 5) is 0. The lowest BCUT2D eigenvalue weighted by Gasteiger charge is -2.21. The minimum Gasteiger partial charge on any atom is -0.205 e. The maximum atomic E-state index is 12.6. The molecule has 1 aliphatic rings. The average Bonchev–Trinajstić information content (AvgIpc) is 2.03. The van der Waals surface area contributed by atoms with E-state index in [1.54, 1.807) is 0 Å². The third kappa shape index (κ3) is 2.39. The van der Waals surface area contributed by atoms with Crippen LogP contribution in [0.25, 0.3) is 0 Å². The molecule has 0 aromatic carbocycles. The van der Waals surface area contributed by atoms with Crippen LogP contribution in [0.4, 0.5) is 8.78 Å². The van der Waals surface area contributed by atoms with Crippen molar-refractivity contribution in [1.82, 2.24) is 0 Å². The number of hydrogen-bond donors (Lipinski definition) is 0. The molecule has 1 aliphatic carbocycles. The molecule has 0 aromatic rings. The average molecular weight is 185 g/mol. The van der Waals surface area contributed by atoms with E-state index >= 15 is 0 Å². The van der Waals surface area contributed by atoms with Crippen molar-refractivity contribution in [3.63, 3.8) is 0 Å². The zero-order valence-corrected chi connectivity index (χ0v) is 8.27. The van der Waals surface area contributed by atoms with Gasteiger partial charge >= 0.3 is 0 Å². The summed E-state index contributed by atoms with van der Waals surface area (Å²) >= 11 is 0. The monoisotopic (exact) mass is 185 g/mol. The van der Waals surface area contributed by atoms with E-state index in [0.717, 1.165) is 11.5 Å². The normalized spacial score (nSPS) is 19.3. The molecule has 0 nitrogen and oxygen atoms in total. The fourth-order valence-corrected chi connectivity index (χ4v) is 1.57. The van der Waals surface area contributed by atoms with Crippen molar-refractivity contribution >= 4 is 0 Å². The highest BCUT2D eigenvalue weighted by atomic mass is 19.3. The molecule has 0 saturated carbocycles. The van der Waals surface area contributed by atoms with Gasteiger partial charge in [0.15, 0.2) is 0 Å². The van der Waals surface area contributed by atoms with Crippen LogP contribution in [0.5, 0.6) is 0 Å². The Kier molecular flexibility index (Phi) is 3.23. The molecule has 0 amide bonds. The summed E-state index contributed by atoms with van der Waals surface area (Å²) in [6.07, 6.45) is 1.88. The first kappa shape index (κ1) is 10.4. The minimum absolute atomic E-state index is 0.188. The van der Waals surface area contributed by atoms with Crippen LogP contribution in [-0.2, 0) is 0 Å². The summed E-state index contributed by atoms with van der Waals surface area (Å²) in [6, 6.07) is 0. The van der Waals surface area contributed by atoms with Crippen molar-refractivity contribution < 1.29 is 8.78 Å². The second-order valence-corrected chi connectivity index (χ2v) is 3.79. The van der Waals surface area contributed by atoms with E-state index in [1.807, 2.05) is 32.9 Å². The SMILES string of the molecule is C[C]1C=CC(C(C)C)=C(C(F)F)C1. The molecule has 0 N–H and O–H groups in total. The molecule has 0 fully saturated rings. The van der Waals surface area contributed by atoms with Gasteiger partial charge in [-0.25, -0.2) is 8.78 Å². The van der Waals surface area contributed by atoms with Crippen molar-refractivity contribution in [2.75, 3.05) is 0 Å². The third-order valence-electron chi connectivity index (χ3n) is 2.27. The highest BCUT2D eigenvalue weighted by molar-refractivity contribution is 5.38. The molecule has 0 spiro atoms. The first-order chi connectivity index (χ1) is 6.02. The van der Waals surface area contributed by atoms with Gasteiger partial charge in [-0.3, -0.25) is 0 Å². The van der Waals surface area contributed by atoms with E-state index in [-0.39, 0.29) is 5.92 Å². The molecule has 1 radical (unpaired) electrons. The van der Waals surface area contributed by atoms with Gasteiger partial charge in [-0.2, -0.15) is 0 Å². The number of alkyl halides is 2. The molecule has 0 unspecified atom stereocenters. The van der Waals surface area contributed by atoms with Gasteiger partial charge in [0.2, 0.25) is 0 Å². The Labute approximate surface area is 78.3 Å². The Balaban J connectivity index is 2.95. The van der Waals surface area contributed by atoms with E-state index in [2.05, 4.69) is 0 Å². The molecule has 2 heteroatoms. The van der Waals surface area contributed by atoms with Crippen LogP contribution in [-0.4, -0.2) is 6.43 Å². The van der Waals surface area contributed by atoms with Crippen molar-refractivity contribution in [2.24, 2.45) is 5.92 Å².